The number of benzene rings is 4. The number of fused-ring (bicyclic) bond motifs is 1. The summed E-state index contributed by atoms with van der Waals surface area (Å²) in [5.74, 6) is 0.655. The summed E-state index contributed by atoms with van der Waals surface area (Å²) in [7, 11) is 1.57. The normalized spacial score (nSPS) is 14.1. The summed E-state index contributed by atoms with van der Waals surface area (Å²) >= 11 is 3.44. The summed E-state index contributed by atoms with van der Waals surface area (Å²) < 4.78 is 18.1. The van der Waals surface area contributed by atoms with Crippen molar-refractivity contribution in [2.45, 2.75) is 19.7 Å². The Morgan fingerprint density at radius 3 is 2.50 bits per heavy atom. The molecule has 0 saturated carbocycles. The van der Waals surface area contributed by atoms with Crippen LogP contribution in [-0.2, 0) is 6.61 Å². The minimum atomic E-state index is -0.792. The Bertz CT molecular complexity index is 1530. The molecule has 8 nitrogen and oxygen atoms in total. The van der Waals surface area contributed by atoms with Crippen molar-refractivity contribution in [2.24, 2.45) is 0 Å². The Hall–Kier alpha value is -4.50. The van der Waals surface area contributed by atoms with E-state index in [4.69, 9.17) is 14.2 Å². The predicted molar refractivity (Wildman–Crippen MR) is 156 cm³/mol. The molecule has 1 aliphatic rings. The van der Waals surface area contributed by atoms with Crippen LogP contribution in [0.3, 0.4) is 0 Å². The maximum atomic E-state index is 13.9. The highest BCUT2D eigenvalue weighted by molar-refractivity contribution is 9.10. The summed E-state index contributed by atoms with van der Waals surface area (Å²) in [4.78, 5) is 27.6. The molecule has 4 aromatic carbocycles. The summed E-state index contributed by atoms with van der Waals surface area (Å²) in [5, 5.41) is 4.67. The molecule has 204 valence electrons. The van der Waals surface area contributed by atoms with Crippen molar-refractivity contribution >= 4 is 33.4 Å². The molecule has 5 rings (SSSR count). The highest BCUT2D eigenvalue weighted by atomic mass is 79.9. The number of hydrazine groups is 1. The van der Waals surface area contributed by atoms with Crippen molar-refractivity contribution in [3.63, 3.8) is 0 Å². The molecule has 4 aromatic rings. The first-order valence-corrected chi connectivity index (χ1v) is 13.5. The number of carbonyl (C=O) groups is 2. The van der Waals surface area contributed by atoms with Gasteiger partial charge in [0.2, 0.25) is 0 Å². The molecule has 0 radical (unpaired) electrons. The number of ether oxygens (including phenoxy) is 3. The molecule has 0 aliphatic carbocycles. The Labute approximate surface area is 241 Å². The molecule has 0 saturated heterocycles. The number of nitrogens with zero attached hydrogens (tertiary/aromatic N) is 1. The fourth-order valence-corrected chi connectivity index (χ4v) is 4.81. The molecule has 1 heterocycles. The van der Waals surface area contributed by atoms with Crippen LogP contribution in [0.5, 0.6) is 17.2 Å². The van der Waals surface area contributed by atoms with Crippen molar-refractivity contribution in [3.8, 4) is 17.2 Å². The average molecular weight is 602 g/mol. The Balaban J connectivity index is 1.50. The number of nitrogens with one attached hydrogen (secondary N) is 2. The molecule has 9 heteroatoms. The molecule has 2 amide bonds. The first-order valence-electron chi connectivity index (χ1n) is 12.8. The van der Waals surface area contributed by atoms with E-state index in [9.17, 15) is 9.59 Å². The number of hydrogen-bond donors (Lipinski definition) is 2. The van der Waals surface area contributed by atoms with Crippen molar-refractivity contribution < 1.29 is 23.8 Å². The zero-order chi connectivity index (χ0) is 28.1. The molecule has 1 aliphatic heterocycles. The highest BCUT2D eigenvalue weighted by Crippen LogP contribution is 2.38. The molecule has 0 aromatic heterocycles. The van der Waals surface area contributed by atoms with Crippen molar-refractivity contribution in [3.05, 3.63) is 118 Å². The molecule has 1 atom stereocenters. The van der Waals surface area contributed by atoms with E-state index in [1.54, 1.807) is 55.6 Å². The number of halogens is 1. The number of hydrogen-bond acceptors (Lipinski definition) is 6. The lowest BCUT2D eigenvalue weighted by atomic mass is 10.0. The Kier molecular flexibility index (Phi) is 8.21. The molecule has 40 heavy (non-hydrogen) atoms. The molecule has 0 unspecified atom stereocenters. The molecular formula is C31H28BrN3O5. The van der Waals surface area contributed by atoms with E-state index in [2.05, 4.69) is 26.7 Å². The zero-order valence-corrected chi connectivity index (χ0v) is 23.6. The monoisotopic (exact) mass is 601 g/mol. The number of methoxy groups -OCH3 is 1. The van der Waals surface area contributed by atoms with Gasteiger partial charge >= 0.3 is 0 Å². The van der Waals surface area contributed by atoms with E-state index < -0.39 is 12.1 Å². The van der Waals surface area contributed by atoms with Gasteiger partial charge in [-0.15, -0.1) is 0 Å². The first-order chi connectivity index (χ1) is 19.5. The summed E-state index contributed by atoms with van der Waals surface area (Å²) in [5.41, 5.74) is 5.74. The van der Waals surface area contributed by atoms with Crippen LogP contribution in [0.4, 0.5) is 5.69 Å². The Morgan fingerprint density at radius 1 is 0.950 bits per heavy atom. The lowest BCUT2D eigenvalue weighted by Crippen LogP contribution is -2.53. The van der Waals surface area contributed by atoms with Crippen molar-refractivity contribution in [1.29, 1.82) is 0 Å². The van der Waals surface area contributed by atoms with E-state index in [1.165, 1.54) is 5.01 Å². The smallest absolute Gasteiger partial charge is 0.276 e. The maximum absolute atomic E-state index is 13.9. The van der Waals surface area contributed by atoms with Crippen molar-refractivity contribution in [2.75, 3.05) is 19.0 Å². The van der Waals surface area contributed by atoms with Gasteiger partial charge in [-0.25, -0.2) is 5.01 Å². The van der Waals surface area contributed by atoms with Crippen LogP contribution in [-0.4, -0.2) is 30.5 Å². The average Bonchev–Trinajstić information content (AvgIpc) is 2.98. The lowest BCUT2D eigenvalue weighted by molar-refractivity contribution is 0.0486. The SMILES string of the molecule is CCOc1ccc(OC)cc1[C@H]1Nc2ccc(Br)cc2C(=O)N1NC(=O)c1ccccc1OCc1ccccc1. The van der Waals surface area contributed by atoms with E-state index >= 15 is 0 Å². The first kappa shape index (κ1) is 27.1. The third kappa shape index (κ3) is 5.74. The lowest BCUT2D eigenvalue weighted by Gasteiger charge is -2.38. The Morgan fingerprint density at radius 2 is 1.73 bits per heavy atom. The van der Waals surface area contributed by atoms with Crippen LogP contribution < -0.4 is 25.0 Å². The standard InChI is InChI=1S/C31H28BrN3O5/c1-3-39-28-16-14-22(38-2)18-25(28)29-33-26-15-13-21(32)17-24(26)31(37)35(29)34-30(36)23-11-7-8-12-27(23)40-19-20-9-5-4-6-10-20/h4-18,29,33H,3,19H2,1-2H3,(H,34,36)/t29-/m0/s1. The fourth-order valence-electron chi connectivity index (χ4n) is 4.45. The largest absolute Gasteiger partial charge is 0.497 e. The van der Waals surface area contributed by atoms with Crippen LogP contribution in [0.1, 0.15) is 44.9 Å². The van der Waals surface area contributed by atoms with Gasteiger partial charge in [0.15, 0.2) is 6.17 Å². The van der Waals surface area contributed by atoms with Crippen LogP contribution in [0.2, 0.25) is 0 Å². The van der Waals surface area contributed by atoms with E-state index in [1.807, 2.05) is 49.4 Å². The van der Waals surface area contributed by atoms with Gasteiger partial charge in [-0.05, 0) is 61.0 Å². The van der Waals surface area contributed by atoms with Gasteiger partial charge < -0.3 is 19.5 Å². The van der Waals surface area contributed by atoms with Crippen LogP contribution in [0.15, 0.2) is 95.5 Å². The van der Waals surface area contributed by atoms with E-state index in [-0.39, 0.29) is 5.91 Å². The molecule has 0 fully saturated rings. The molecule has 0 bridgehead atoms. The second-order valence-electron chi connectivity index (χ2n) is 8.96. The van der Waals surface area contributed by atoms with Crippen molar-refractivity contribution in [1.82, 2.24) is 10.4 Å². The topological polar surface area (TPSA) is 89.1 Å². The van der Waals surface area contributed by atoms with Crippen LogP contribution in [0.25, 0.3) is 0 Å². The zero-order valence-electron chi connectivity index (χ0n) is 22.0. The fraction of sp³-hybridized carbons (Fsp3) is 0.161. The maximum Gasteiger partial charge on any atom is 0.276 e. The molecule has 0 spiro atoms. The number of carbonyl (C=O) groups excluding carboxylic acids is 2. The summed E-state index contributed by atoms with van der Waals surface area (Å²) in [6, 6.07) is 27.4. The summed E-state index contributed by atoms with van der Waals surface area (Å²) in [6.07, 6.45) is -0.792. The minimum absolute atomic E-state index is 0.292. The van der Waals surface area contributed by atoms with E-state index in [0.29, 0.717) is 52.8 Å². The number of anilines is 1. The summed E-state index contributed by atoms with van der Waals surface area (Å²) in [6.45, 7) is 2.59. The number of para-hydroxylation sites is 1. The van der Waals surface area contributed by atoms with Gasteiger partial charge in [-0.3, -0.25) is 15.0 Å². The number of amides is 2. The van der Waals surface area contributed by atoms with Crippen LogP contribution in [0, 0.1) is 0 Å². The second-order valence-corrected chi connectivity index (χ2v) is 9.88. The third-order valence-corrected chi connectivity index (χ3v) is 6.88. The van der Waals surface area contributed by atoms with E-state index in [0.717, 1.165) is 10.0 Å². The predicted octanol–water partition coefficient (Wildman–Crippen LogP) is 6.35. The quantitative estimate of drug-likeness (QED) is 0.232. The van der Waals surface area contributed by atoms with Gasteiger partial charge in [-0.2, -0.15) is 0 Å². The minimum Gasteiger partial charge on any atom is -0.497 e. The van der Waals surface area contributed by atoms with Gasteiger partial charge in [0.25, 0.3) is 11.8 Å². The molecule has 2 N–H and O–H groups in total. The van der Waals surface area contributed by atoms with Gasteiger partial charge in [0, 0.05) is 15.7 Å². The molecular weight excluding hydrogens is 574 g/mol. The van der Waals surface area contributed by atoms with Gasteiger partial charge in [-0.1, -0.05) is 58.4 Å². The second kappa shape index (κ2) is 12.1. The van der Waals surface area contributed by atoms with Crippen LogP contribution >= 0.6 is 15.9 Å². The van der Waals surface area contributed by atoms with Gasteiger partial charge in [0.1, 0.15) is 23.9 Å². The number of rotatable bonds is 9. The highest BCUT2D eigenvalue weighted by Gasteiger charge is 2.37. The van der Waals surface area contributed by atoms with Gasteiger partial charge in [0.05, 0.1) is 24.8 Å². The third-order valence-electron chi connectivity index (χ3n) is 6.38.